The fraction of sp³-hybridized carbons (Fsp3) is 0.273. The molecular weight excluding hydrogens is 238 g/mol. The standard InChI is InChI=1S/C11H13N3O2S/c1-8-13-11(16-14-8)9-5-4-6-10(7-9)17(3,15)12-2/h4-7H,1-3H3. The molecule has 2 rings (SSSR count). The fourth-order valence-electron chi connectivity index (χ4n) is 1.38. The van der Waals surface area contributed by atoms with Crippen LogP contribution in [0.3, 0.4) is 0 Å². The monoisotopic (exact) mass is 251 g/mol. The molecular formula is C11H13N3O2S. The zero-order chi connectivity index (χ0) is 12.5. The molecule has 0 aliphatic heterocycles. The second-order valence-corrected chi connectivity index (χ2v) is 6.10. The Balaban J connectivity index is 2.53. The molecule has 0 radical (unpaired) electrons. The lowest BCUT2D eigenvalue weighted by Crippen LogP contribution is -1.97. The van der Waals surface area contributed by atoms with Crippen LogP contribution in [0.5, 0.6) is 0 Å². The largest absolute Gasteiger partial charge is 0.334 e. The Hall–Kier alpha value is -1.69. The molecule has 90 valence electrons. The Labute approximate surface area is 100 Å². The van der Waals surface area contributed by atoms with E-state index in [4.69, 9.17) is 4.52 Å². The summed E-state index contributed by atoms with van der Waals surface area (Å²) in [6.07, 6.45) is 1.60. The van der Waals surface area contributed by atoms with E-state index in [9.17, 15) is 4.21 Å². The van der Waals surface area contributed by atoms with Gasteiger partial charge < -0.3 is 4.52 Å². The van der Waals surface area contributed by atoms with E-state index in [1.54, 1.807) is 38.4 Å². The van der Waals surface area contributed by atoms with E-state index in [0.29, 0.717) is 16.6 Å². The number of aryl methyl sites for hydroxylation is 1. The molecule has 0 saturated heterocycles. The van der Waals surface area contributed by atoms with Crippen LogP contribution in [0.4, 0.5) is 0 Å². The first-order valence-electron chi connectivity index (χ1n) is 5.04. The van der Waals surface area contributed by atoms with Gasteiger partial charge in [-0.15, -0.1) is 0 Å². The van der Waals surface area contributed by atoms with Gasteiger partial charge in [-0.05, 0) is 25.1 Å². The molecule has 1 unspecified atom stereocenters. The number of nitrogens with zero attached hydrogens (tertiary/aromatic N) is 3. The maximum Gasteiger partial charge on any atom is 0.257 e. The molecule has 17 heavy (non-hydrogen) atoms. The summed E-state index contributed by atoms with van der Waals surface area (Å²) in [5.74, 6) is 0.999. The number of hydrogen-bond acceptors (Lipinski definition) is 5. The predicted molar refractivity (Wildman–Crippen MR) is 65.2 cm³/mol. The van der Waals surface area contributed by atoms with Crippen LogP contribution in [0.1, 0.15) is 5.82 Å². The molecule has 6 heteroatoms. The fourth-order valence-corrected chi connectivity index (χ4v) is 2.27. The lowest BCUT2D eigenvalue weighted by atomic mass is 10.2. The van der Waals surface area contributed by atoms with Crippen LogP contribution < -0.4 is 0 Å². The van der Waals surface area contributed by atoms with Gasteiger partial charge in [-0.2, -0.15) is 4.98 Å². The average Bonchev–Trinajstić information content (AvgIpc) is 2.76. The first-order chi connectivity index (χ1) is 8.03. The molecule has 0 saturated carbocycles. The molecule has 1 atom stereocenters. The van der Waals surface area contributed by atoms with Crippen LogP contribution in [-0.4, -0.2) is 27.7 Å². The van der Waals surface area contributed by atoms with E-state index in [1.165, 1.54) is 0 Å². The third-order valence-corrected chi connectivity index (χ3v) is 4.22. The highest BCUT2D eigenvalue weighted by Crippen LogP contribution is 2.21. The highest BCUT2D eigenvalue weighted by molar-refractivity contribution is 7.93. The van der Waals surface area contributed by atoms with Crippen LogP contribution in [0.15, 0.2) is 38.0 Å². The molecule has 1 aromatic heterocycles. The lowest BCUT2D eigenvalue weighted by Gasteiger charge is -2.03. The van der Waals surface area contributed by atoms with Crippen molar-refractivity contribution in [3.05, 3.63) is 30.1 Å². The quantitative estimate of drug-likeness (QED) is 0.820. The van der Waals surface area contributed by atoms with Gasteiger partial charge in [-0.25, -0.2) is 8.57 Å². The van der Waals surface area contributed by atoms with E-state index < -0.39 is 9.73 Å². The minimum Gasteiger partial charge on any atom is -0.334 e. The second kappa shape index (κ2) is 4.29. The van der Waals surface area contributed by atoms with Crippen LogP contribution in [-0.2, 0) is 9.73 Å². The molecule has 1 heterocycles. The van der Waals surface area contributed by atoms with E-state index in [2.05, 4.69) is 14.5 Å². The van der Waals surface area contributed by atoms with Crippen molar-refractivity contribution >= 4 is 9.73 Å². The number of aromatic nitrogens is 2. The van der Waals surface area contributed by atoms with E-state index >= 15 is 0 Å². The topological polar surface area (TPSA) is 68.3 Å². The third-order valence-electron chi connectivity index (χ3n) is 2.39. The Morgan fingerprint density at radius 2 is 2.18 bits per heavy atom. The molecule has 0 amide bonds. The van der Waals surface area contributed by atoms with Gasteiger partial charge >= 0.3 is 0 Å². The second-order valence-electron chi connectivity index (χ2n) is 3.66. The Bertz CT molecular complexity index is 654. The summed E-state index contributed by atoms with van der Waals surface area (Å²) < 4.78 is 21.1. The molecule has 1 aromatic carbocycles. The summed E-state index contributed by atoms with van der Waals surface area (Å²) in [5, 5.41) is 3.72. The van der Waals surface area contributed by atoms with Crippen molar-refractivity contribution in [1.29, 1.82) is 0 Å². The van der Waals surface area contributed by atoms with Crippen molar-refractivity contribution in [2.45, 2.75) is 11.8 Å². The van der Waals surface area contributed by atoms with E-state index in [0.717, 1.165) is 5.56 Å². The smallest absolute Gasteiger partial charge is 0.257 e. The number of benzene rings is 1. The van der Waals surface area contributed by atoms with Gasteiger partial charge in [-0.1, -0.05) is 11.2 Å². The summed E-state index contributed by atoms with van der Waals surface area (Å²) in [6.45, 7) is 1.75. The van der Waals surface area contributed by atoms with E-state index in [-0.39, 0.29) is 0 Å². The molecule has 5 nitrogen and oxygen atoms in total. The third kappa shape index (κ3) is 2.36. The summed E-state index contributed by atoms with van der Waals surface area (Å²) in [6, 6.07) is 7.19. The molecule has 0 N–H and O–H groups in total. The molecule has 0 aliphatic rings. The van der Waals surface area contributed by atoms with Crippen molar-refractivity contribution in [3.8, 4) is 11.5 Å². The Morgan fingerprint density at radius 3 is 2.76 bits per heavy atom. The molecule has 0 aliphatic carbocycles. The maximum atomic E-state index is 12.1. The van der Waals surface area contributed by atoms with Gasteiger partial charge in [0.1, 0.15) is 0 Å². The normalized spacial score (nSPS) is 14.3. The zero-order valence-electron chi connectivity index (χ0n) is 9.88. The molecule has 2 aromatic rings. The SMILES string of the molecule is CN=S(C)(=O)c1cccc(-c2nc(C)no2)c1. The Morgan fingerprint density at radius 1 is 1.41 bits per heavy atom. The Kier molecular flexibility index (Phi) is 2.97. The van der Waals surface area contributed by atoms with Gasteiger partial charge in [0, 0.05) is 23.8 Å². The van der Waals surface area contributed by atoms with Crippen molar-refractivity contribution in [3.63, 3.8) is 0 Å². The van der Waals surface area contributed by atoms with Gasteiger partial charge in [0.05, 0.1) is 9.73 Å². The van der Waals surface area contributed by atoms with E-state index in [1.807, 2.05) is 6.07 Å². The first-order valence-corrected chi connectivity index (χ1v) is 6.96. The summed E-state index contributed by atoms with van der Waals surface area (Å²) in [7, 11) is -0.789. The van der Waals surface area contributed by atoms with Crippen molar-refractivity contribution < 1.29 is 8.73 Å². The van der Waals surface area contributed by atoms with Gasteiger partial charge in [0.15, 0.2) is 5.82 Å². The first kappa shape index (κ1) is 11.8. The predicted octanol–water partition coefficient (Wildman–Crippen LogP) is 2.13. The van der Waals surface area contributed by atoms with Crippen LogP contribution in [0.2, 0.25) is 0 Å². The average molecular weight is 251 g/mol. The lowest BCUT2D eigenvalue weighted by molar-refractivity contribution is 0.425. The van der Waals surface area contributed by atoms with Crippen LogP contribution >= 0.6 is 0 Å². The summed E-state index contributed by atoms with van der Waals surface area (Å²) in [5.41, 5.74) is 0.751. The maximum absolute atomic E-state index is 12.1. The summed E-state index contributed by atoms with van der Waals surface area (Å²) >= 11 is 0. The highest BCUT2D eigenvalue weighted by atomic mass is 32.2. The van der Waals surface area contributed by atoms with Crippen LogP contribution in [0.25, 0.3) is 11.5 Å². The van der Waals surface area contributed by atoms with Gasteiger partial charge in [0.2, 0.25) is 0 Å². The van der Waals surface area contributed by atoms with Gasteiger partial charge in [-0.3, -0.25) is 0 Å². The highest BCUT2D eigenvalue weighted by Gasteiger charge is 2.10. The molecule has 0 fully saturated rings. The van der Waals surface area contributed by atoms with Crippen molar-refractivity contribution in [2.75, 3.05) is 13.3 Å². The summed E-state index contributed by atoms with van der Waals surface area (Å²) in [4.78, 5) is 4.79. The van der Waals surface area contributed by atoms with Crippen molar-refractivity contribution in [1.82, 2.24) is 10.1 Å². The number of rotatable bonds is 2. The van der Waals surface area contributed by atoms with Gasteiger partial charge in [0.25, 0.3) is 5.89 Å². The zero-order valence-corrected chi connectivity index (χ0v) is 10.7. The number of hydrogen-bond donors (Lipinski definition) is 0. The minimum absolute atomic E-state index is 0.427. The van der Waals surface area contributed by atoms with Crippen LogP contribution in [0, 0.1) is 6.92 Å². The molecule has 0 bridgehead atoms. The minimum atomic E-state index is -2.34. The van der Waals surface area contributed by atoms with Crippen molar-refractivity contribution in [2.24, 2.45) is 4.36 Å². The molecule has 0 spiro atoms.